The van der Waals surface area contributed by atoms with Gasteiger partial charge in [0.05, 0.1) is 12.2 Å². The molecule has 0 heterocycles. The number of aryl methyl sites for hydroxylation is 1. The summed E-state index contributed by atoms with van der Waals surface area (Å²) in [6.45, 7) is 2.07. The van der Waals surface area contributed by atoms with Crippen molar-refractivity contribution in [3.8, 4) is 16.9 Å². The fraction of sp³-hybridized carbons (Fsp3) is 0.208. The number of rotatable bonds is 7. The third-order valence-corrected chi connectivity index (χ3v) is 4.58. The first kappa shape index (κ1) is 20.7. The van der Waals surface area contributed by atoms with Gasteiger partial charge in [0, 0.05) is 12.7 Å². The zero-order valence-corrected chi connectivity index (χ0v) is 16.4. The third kappa shape index (κ3) is 4.87. The number of halogens is 2. The molecule has 0 aromatic heterocycles. The van der Waals surface area contributed by atoms with Crippen molar-refractivity contribution >= 4 is 5.97 Å². The van der Waals surface area contributed by atoms with Crippen LogP contribution in [-0.2, 0) is 17.8 Å². The van der Waals surface area contributed by atoms with Crippen LogP contribution in [0.1, 0.15) is 34.8 Å². The van der Waals surface area contributed by atoms with Crippen molar-refractivity contribution in [1.82, 2.24) is 0 Å². The summed E-state index contributed by atoms with van der Waals surface area (Å²) < 4.78 is 37.9. The van der Waals surface area contributed by atoms with Crippen molar-refractivity contribution in [2.75, 3.05) is 7.11 Å². The predicted octanol–water partition coefficient (Wildman–Crippen LogP) is 5.95. The van der Waals surface area contributed by atoms with E-state index in [0.29, 0.717) is 0 Å². The molecule has 0 spiro atoms. The maximum Gasteiger partial charge on any atom is 0.343 e. The molecular weight excluding hydrogens is 374 g/mol. The van der Waals surface area contributed by atoms with Crippen LogP contribution in [0.4, 0.5) is 8.78 Å². The molecule has 0 radical (unpaired) electrons. The molecule has 3 aromatic rings. The van der Waals surface area contributed by atoms with Crippen LogP contribution in [0.3, 0.4) is 0 Å². The molecule has 29 heavy (non-hydrogen) atoms. The first-order chi connectivity index (χ1) is 14.0. The Hall–Kier alpha value is -3.05. The van der Waals surface area contributed by atoms with Gasteiger partial charge in [-0.3, -0.25) is 0 Å². The maximum atomic E-state index is 14.1. The van der Waals surface area contributed by atoms with Crippen molar-refractivity contribution in [2.24, 2.45) is 0 Å². The summed E-state index contributed by atoms with van der Waals surface area (Å²) in [5.41, 5.74) is 3.57. The van der Waals surface area contributed by atoms with E-state index in [0.717, 1.165) is 24.0 Å². The molecule has 150 valence electrons. The van der Waals surface area contributed by atoms with Gasteiger partial charge < -0.3 is 9.47 Å². The van der Waals surface area contributed by atoms with Gasteiger partial charge in [-0.2, -0.15) is 4.39 Å². The number of hydrogen-bond acceptors (Lipinski definition) is 3. The Balaban J connectivity index is 1.73. The summed E-state index contributed by atoms with van der Waals surface area (Å²) in [6, 6.07) is 17.6. The van der Waals surface area contributed by atoms with Crippen molar-refractivity contribution in [2.45, 2.75) is 26.4 Å². The third-order valence-electron chi connectivity index (χ3n) is 4.58. The molecule has 0 unspecified atom stereocenters. The van der Waals surface area contributed by atoms with E-state index in [1.807, 2.05) is 12.1 Å². The van der Waals surface area contributed by atoms with Crippen LogP contribution in [-0.4, -0.2) is 13.1 Å². The van der Waals surface area contributed by atoms with Crippen LogP contribution >= 0.6 is 0 Å². The number of esters is 1. The van der Waals surface area contributed by atoms with Crippen molar-refractivity contribution in [3.63, 3.8) is 0 Å². The number of benzene rings is 3. The Kier molecular flexibility index (Phi) is 6.73. The number of methoxy groups -OCH3 is 1. The van der Waals surface area contributed by atoms with Crippen LogP contribution in [0.5, 0.6) is 5.75 Å². The second kappa shape index (κ2) is 9.43. The molecule has 0 atom stereocenters. The normalized spacial score (nSPS) is 10.8. The molecule has 0 bridgehead atoms. The van der Waals surface area contributed by atoms with Gasteiger partial charge in [0.25, 0.3) is 0 Å². The Bertz CT molecular complexity index is 980. The Morgan fingerprint density at radius 2 is 1.48 bits per heavy atom. The monoisotopic (exact) mass is 396 g/mol. The summed E-state index contributed by atoms with van der Waals surface area (Å²) in [6.07, 6.45) is 2.13. The van der Waals surface area contributed by atoms with Gasteiger partial charge in [-0.15, -0.1) is 0 Å². The van der Waals surface area contributed by atoms with Gasteiger partial charge in [-0.05, 0) is 47.4 Å². The molecule has 0 aliphatic carbocycles. The lowest BCUT2D eigenvalue weighted by Crippen LogP contribution is -2.10. The fourth-order valence-electron chi connectivity index (χ4n) is 3.03. The molecule has 0 aliphatic rings. The highest BCUT2D eigenvalue weighted by atomic mass is 19.2. The number of hydrogen-bond donors (Lipinski definition) is 0. The fourth-order valence-corrected chi connectivity index (χ4v) is 3.03. The zero-order chi connectivity index (χ0) is 20.8. The van der Waals surface area contributed by atoms with Crippen LogP contribution < -0.4 is 4.74 Å². The van der Waals surface area contributed by atoms with Crippen LogP contribution in [0.15, 0.2) is 60.7 Å². The molecule has 0 saturated heterocycles. The van der Waals surface area contributed by atoms with Crippen molar-refractivity contribution in [3.05, 3.63) is 89.0 Å². The second-order valence-corrected chi connectivity index (χ2v) is 6.70. The lowest BCUT2D eigenvalue weighted by molar-refractivity contribution is 0.0726. The summed E-state index contributed by atoms with van der Waals surface area (Å²) in [7, 11) is 1.38. The molecule has 0 amide bonds. The zero-order valence-electron chi connectivity index (χ0n) is 16.4. The van der Waals surface area contributed by atoms with Crippen LogP contribution in [0, 0.1) is 11.6 Å². The van der Waals surface area contributed by atoms with Gasteiger partial charge in [-0.25, -0.2) is 9.18 Å². The lowest BCUT2D eigenvalue weighted by Gasteiger charge is -2.09. The highest BCUT2D eigenvalue weighted by Crippen LogP contribution is 2.25. The largest absolute Gasteiger partial charge is 0.420 e. The smallest absolute Gasteiger partial charge is 0.343 e. The highest BCUT2D eigenvalue weighted by Gasteiger charge is 2.18. The number of ether oxygens (including phenoxy) is 2. The summed E-state index contributed by atoms with van der Waals surface area (Å²) in [4.78, 5) is 12.3. The molecular formula is C24H22F2O3. The molecule has 3 aromatic carbocycles. The molecule has 0 aliphatic heterocycles. The van der Waals surface area contributed by atoms with E-state index in [4.69, 9.17) is 9.47 Å². The lowest BCUT2D eigenvalue weighted by atomic mass is 10.0. The molecule has 0 saturated carbocycles. The number of carbonyl (C=O) groups is 1. The van der Waals surface area contributed by atoms with Gasteiger partial charge in [0.2, 0.25) is 5.82 Å². The average Bonchev–Trinajstić information content (AvgIpc) is 2.74. The first-order valence-electron chi connectivity index (χ1n) is 9.40. The Morgan fingerprint density at radius 3 is 2.07 bits per heavy atom. The van der Waals surface area contributed by atoms with E-state index in [2.05, 4.69) is 19.1 Å². The topological polar surface area (TPSA) is 35.5 Å². The van der Waals surface area contributed by atoms with Gasteiger partial charge in [0.1, 0.15) is 0 Å². The predicted molar refractivity (Wildman–Crippen MR) is 108 cm³/mol. The van der Waals surface area contributed by atoms with Gasteiger partial charge in [0.15, 0.2) is 11.6 Å². The standard InChI is InChI=1S/C24H22F2O3/c1-3-4-16-5-7-17(8-6-16)18-9-11-19(12-10-18)24(27)29-21-14-13-20(15-28-2)22(25)23(21)26/h5-14H,3-4,15H2,1-2H3. The van der Waals surface area contributed by atoms with E-state index < -0.39 is 23.4 Å². The summed E-state index contributed by atoms with van der Waals surface area (Å²) in [5, 5.41) is 0. The van der Waals surface area contributed by atoms with E-state index >= 15 is 0 Å². The van der Waals surface area contributed by atoms with Crippen molar-refractivity contribution in [1.29, 1.82) is 0 Å². The van der Waals surface area contributed by atoms with E-state index in [-0.39, 0.29) is 17.7 Å². The molecule has 3 rings (SSSR count). The Morgan fingerprint density at radius 1 is 0.862 bits per heavy atom. The van der Waals surface area contributed by atoms with Crippen LogP contribution in [0.2, 0.25) is 0 Å². The minimum absolute atomic E-state index is 0.0547. The second-order valence-electron chi connectivity index (χ2n) is 6.70. The van der Waals surface area contributed by atoms with E-state index in [1.54, 1.807) is 24.3 Å². The molecule has 3 nitrogen and oxygen atoms in total. The van der Waals surface area contributed by atoms with Gasteiger partial charge in [-0.1, -0.05) is 49.7 Å². The van der Waals surface area contributed by atoms with Crippen LogP contribution in [0.25, 0.3) is 11.1 Å². The van der Waals surface area contributed by atoms with Gasteiger partial charge >= 0.3 is 5.97 Å². The minimum Gasteiger partial charge on any atom is -0.420 e. The first-order valence-corrected chi connectivity index (χ1v) is 9.40. The van der Waals surface area contributed by atoms with E-state index in [1.165, 1.54) is 24.8 Å². The molecule has 0 N–H and O–H groups in total. The maximum absolute atomic E-state index is 14.1. The minimum atomic E-state index is -1.21. The Labute approximate surface area is 168 Å². The summed E-state index contributed by atoms with van der Waals surface area (Å²) in [5.74, 6) is -3.51. The summed E-state index contributed by atoms with van der Waals surface area (Å²) >= 11 is 0. The molecule has 5 heteroatoms. The quantitative estimate of drug-likeness (QED) is 0.366. The highest BCUT2D eigenvalue weighted by molar-refractivity contribution is 5.91. The molecule has 0 fully saturated rings. The van der Waals surface area contributed by atoms with Crippen molar-refractivity contribution < 1.29 is 23.0 Å². The number of carbonyl (C=O) groups excluding carboxylic acids is 1. The SMILES string of the molecule is CCCc1ccc(-c2ccc(C(=O)Oc3ccc(COC)c(F)c3F)cc2)cc1. The van der Waals surface area contributed by atoms with E-state index in [9.17, 15) is 13.6 Å². The average molecular weight is 396 g/mol.